The van der Waals surface area contributed by atoms with E-state index < -0.39 is 11.4 Å². The van der Waals surface area contributed by atoms with Gasteiger partial charge in [0.25, 0.3) is 0 Å². The fourth-order valence-electron chi connectivity index (χ4n) is 2.75. The van der Waals surface area contributed by atoms with E-state index in [1.807, 2.05) is 13.8 Å². The summed E-state index contributed by atoms with van der Waals surface area (Å²) in [5.41, 5.74) is -0.871. The third-order valence-electron chi connectivity index (χ3n) is 5.04. The van der Waals surface area contributed by atoms with Gasteiger partial charge >= 0.3 is 17.9 Å². The third-order valence-corrected chi connectivity index (χ3v) is 5.04. The van der Waals surface area contributed by atoms with E-state index in [4.69, 9.17) is 14.2 Å². The largest absolute Gasteiger partial charge is 0.462 e. The highest BCUT2D eigenvalue weighted by Gasteiger charge is 2.35. The van der Waals surface area contributed by atoms with Crippen molar-refractivity contribution in [2.24, 2.45) is 5.41 Å². The minimum absolute atomic E-state index is 0.00167. The van der Waals surface area contributed by atoms with E-state index in [-0.39, 0.29) is 43.6 Å². The minimum atomic E-state index is -0.538. The molecule has 25 heavy (non-hydrogen) atoms. The van der Waals surface area contributed by atoms with Gasteiger partial charge in [-0.3, -0.25) is 14.4 Å². The predicted molar refractivity (Wildman–Crippen MR) is 92.8 cm³/mol. The summed E-state index contributed by atoms with van der Waals surface area (Å²) in [6.07, 6.45) is 5.44. The number of rotatable bonds is 10. The summed E-state index contributed by atoms with van der Waals surface area (Å²) in [6.45, 7) is 7.57. The zero-order valence-corrected chi connectivity index (χ0v) is 16.0. The van der Waals surface area contributed by atoms with Gasteiger partial charge in [-0.1, -0.05) is 13.8 Å². The molecule has 0 spiro atoms. The molecule has 1 fully saturated rings. The molecule has 0 saturated heterocycles. The van der Waals surface area contributed by atoms with E-state index in [9.17, 15) is 14.4 Å². The van der Waals surface area contributed by atoms with E-state index >= 15 is 0 Å². The van der Waals surface area contributed by atoms with Crippen LogP contribution >= 0.6 is 0 Å². The highest BCUT2D eigenvalue weighted by Crippen LogP contribution is 2.36. The van der Waals surface area contributed by atoms with Crippen LogP contribution in [-0.4, -0.2) is 36.7 Å². The van der Waals surface area contributed by atoms with Crippen LogP contribution < -0.4 is 0 Å². The first-order valence-corrected chi connectivity index (χ1v) is 9.29. The van der Waals surface area contributed by atoms with Gasteiger partial charge in [0, 0.05) is 0 Å². The molecule has 1 aliphatic carbocycles. The first kappa shape index (κ1) is 21.5. The maximum absolute atomic E-state index is 11.9. The highest BCUT2D eigenvalue weighted by atomic mass is 16.6. The molecular formula is C19H32O6. The quantitative estimate of drug-likeness (QED) is 0.338. The minimum Gasteiger partial charge on any atom is -0.462 e. The van der Waals surface area contributed by atoms with Gasteiger partial charge in [-0.15, -0.1) is 0 Å². The van der Waals surface area contributed by atoms with Crippen LogP contribution in [0.2, 0.25) is 0 Å². The third kappa shape index (κ3) is 7.04. The summed E-state index contributed by atoms with van der Waals surface area (Å²) in [7, 11) is 0. The van der Waals surface area contributed by atoms with Gasteiger partial charge in [-0.05, 0) is 52.4 Å². The van der Waals surface area contributed by atoms with Gasteiger partial charge < -0.3 is 14.2 Å². The van der Waals surface area contributed by atoms with Crippen molar-refractivity contribution < 1.29 is 28.6 Å². The first-order chi connectivity index (χ1) is 11.7. The highest BCUT2D eigenvalue weighted by molar-refractivity contribution is 5.78. The Bertz CT molecular complexity index is 463. The molecule has 1 rings (SSSR count). The predicted octanol–water partition coefficient (Wildman–Crippen LogP) is 3.56. The molecule has 0 aromatic carbocycles. The summed E-state index contributed by atoms with van der Waals surface area (Å²) in [5, 5.41) is 0. The van der Waals surface area contributed by atoms with Crippen LogP contribution in [0.1, 0.15) is 79.1 Å². The standard InChI is InChI=1S/C19H32O6/c1-5-18(3,4)17(22)24-14-13-23-15(20)9-10-16(21)25-19(6-2)11-7-8-12-19/h5-14H2,1-4H3. The molecule has 0 unspecified atom stereocenters. The van der Waals surface area contributed by atoms with E-state index in [1.54, 1.807) is 13.8 Å². The normalized spacial score (nSPS) is 16.3. The van der Waals surface area contributed by atoms with Crippen molar-refractivity contribution in [3.63, 3.8) is 0 Å². The van der Waals surface area contributed by atoms with Gasteiger partial charge in [0.1, 0.15) is 18.8 Å². The van der Waals surface area contributed by atoms with E-state index in [1.165, 1.54) is 0 Å². The molecular weight excluding hydrogens is 324 g/mol. The number of hydrogen-bond acceptors (Lipinski definition) is 6. The molecule has 144 valence electrons. The van der Waals surface area contributed by atoms with Crippen LogP contribution in [0.25, 0.3) is 0 Å². The Kier molecular flexibility index (Phi) is 8.39. The molecule has 0 amide bonds. The molecule has 6 heteroatoms. The zero-order valence-electron chi connectivity index (χ0n) is 16.0. The zero-order chi connectivity index (χ0) is 18.9. The second-order valence-corrected chi connectivity index (χ2v) is 7.31. The van der Waals surface area contributed by atoms with Crippen molar-refractivity contribution in [2.75, 3.05) is 13.2 Å². The molecule has 0 atom stereocenters. The summed E-state index contributed by atoms with van der Waals surface area (Å²) in [4.78, 5) is 35.3. The second-order valence-electron chi connectivity index (χ2n) is 7.31. The maximum atomic E-state index is 11.9. The summed E-state index contributed by atoms with van der Waals surface area (Å²) < 4.78 is 15.7. The number of carbonyl (C=O) groups excluding carboxylic acids is 3. The van der Waals surface area contributed by atoms with Crippen LogP contribution in [0, 0.1) is 5.41 Å². The van der Waals surface area contributed by atoms with Crippen LogP contribution in [0.15, 0.2) is 0 Å². The first-order valence-electron chi connectivity index (χ1n) is 9.29. The Morgan fingerprint density at radius 3 is 2.04 bits per heavy atom. The number of hydrogen-bond donors (Lipinski definition) is 0. The SMILES string of the molecule is CCC1(OC(=O)CCC(=O)OCCOC(=O)C(C)(C)CC)CCCC1. The lowest BCUT2D eigenvalue weighted by atomic mass is 9.91. The smallest absolute Gasteiger partial charge is 0.311 e. The lowest BCUT2D eigenvalue weighted by Gasteiger charge is -2.27. The molecule has 0 aromatic rings. The molecule has 0 N–H and O–H groups in total. The number of carbonyl (C=O) groups is 3. The van der Waals surface area contributed by atoms with Crippen molar-refractivity contribution in [3.8, 4) is 0 Å². The average molecular weight is 356 g/mol. The summed E-state index contributed by atoms with van der Waals surface area (Å²) in [6, 6.07) is 0. The van der Waals surface area contributed by atoms with Gasteiger partial charge in [0.05, 0.1) is 18.3 Å². The molecule has 0 aliphatic heterocycles. The van der Waals surface area contributed by atoms with Gasteiger partial charge in [-0.25, -0.2) is 0 Å². The Hall–Kier alpha value is -1.59. The molecule has 0 radical (unpaired) electrons. The van der Waals surface area contributed by atoms with E-state index in [0.29, 0.717) is 6.42 Å². The topological polar surface area (TPSA) is 78.9 Å². The van der Waals surface area contributed by atoms with Crippen LogP contribution in [0.4, 0.5) is 0 Å². The summed E-state index contributed by atoms with van der Waals surface area (Å²) in [5.74, 6) is -1.15. The van der Waals surface area contributed by atoms with Crippen LogP contribution in [0.5, 0.6) is 0 Å². The Morgan fingerprint density at radius 2 is 1.48 bits per heavy atom. The van der Waals surface area contributed by atoms with Crippen molar-refractivity contribution in [3.05, 3.63) is 0 Å². The fraction of sp³-hybridized carbons (Fsp3) is 0.842. The molecule has 1 aliphatic rings. The molecule has 6 nitrogen and oxygen atoms in total. The molecule has 0 bridgehead atoms. The molecule has 0 aromatic heterocycles. The van der Waals surface area contributed by atoms with Crippen LogP contribution in [-0.2, 0) is 28.6 Å². The monoisotopic (exact) mass is 356 g/mol. The Labute approximate surface area is 150 Å². The fourth-order valence-corrected chi connectivity index (χ4v) is 2.75. The number of esters is 3. The van der Waals surface area contributed by atoms with E-state index in [0.717, 1.165) is 32.1 Å². The lowest BCUT2D eigenvalue weighted by Crippen LogP contribution is -2.31. The number of ether oxygens (including phenoxy) is 3. The van der Waals surface area contributed by atoms with Gasteiger partial charge in [-0.2, -0.15) is 0 Å². The average Bonchev–Trinajstić information content (AvgIpc) is 3.05. The second kappa shape index (κ2) is 9.78. The lowest BCUT2D eigenvalue weighted by molar-refractivity contribution is -0.163. The van der Waals surface area contributed by atoms with Crippen molar-refractivity contribution in [1.82, 2.24) is 0 Å². The Balaban J connectivity index is 2.18. The molecule has 0 heterocycles. The Morgan fingerprint density at radius 1 is 0.920 bits per heavy atom. The van der Waals surface area contributed by atoms with Crippen LogP contribution in [0.3, 0.4) is 0 Å². The maximum Gasteiger partial charge on any atom is 0.311 e. The van der Waals surface area contributed by atoms with Gasteiger partial charge in [0.15, 0.2) is 0 Å². The summed E-state index contributed by atoms with van der Waals surface area (Å²) >= 11 is 0. The van der Waals surface area contributed by atoms with Gasteiger partial charge in [0.2, 0.25) is 0 Å². The molecule has 1 saturated carbocycles. The van der Waals surface area contributed by atoms with E-state index in [2.05, 4.69) is 0 Å². The van der Waals surface area contributed by atoms with Crippen molar-refractivity contribution >= 4 is 17.9 Å². The van der Waals surface area contributed by atoms with Crippen molar-refractivity contribution in [1.29, 1.82) is 0 Å². The van der Waals surface area contributed by atoms with Crippen molar-refractivity contribution in [2.45, 2.75) is 84.7 Å².